The van der Waals surface area contributed by atoms with Crippen LogP contribution in [0, 0.1) is 6.92 Å². The molecule has 1 aliphatic rings. The van der Waals surface area contributed by atoms with Crippen LogP contribution in [0.5, 0.6) is 5.75 Å². The molecule has 2 N–H and O–H groups in total. The van der Waals surface area contributed by atoms with Crippen molar-refractivity contribution >= 4 is 34.2 Å². The molecule has 35 heavy (non-hydrogen) atoms. The molecule has 2 atom stereocenters. The summed E-state index contributed by atoms with van der Waals surface area (Å²) in [5.74, 6) is 1.96. The van der Waals surface area contributed by atoms with Gasteiger partial charge in [0.15, 0.2) is 16.2 Å². The van der Waals surface area contributed by atoms with Gasteiger partial charge in [0.2, 0.25) is 0 Å². The maximum absolute atomic E-state index is 11.5. The molecule has 1 aromatic heterocycles. The monoisotopic (exact) mass is 517 g/mol. The van der Waals surface area contributed by atoms with Crippen molar-refractivity contribution < 1.29 is 13.5 Å². The minimum absolute atomic E-state index is 0.162. The number of ether oxygens (including phenoxy) is 1. The van der Waals surface area contributed by atoms with Crippen molar-refractivity contribution in [2.75, 3.05) is 19.0 Å². The van der Waals surface area contributed by atoms with E-state index in [1.807, 2.05) is 14.0 Å². The fraction of sp³-hybridized carbons (Fsp3) is 0.519. The lowest BCUT2D eigenvalue weighted by Crippen LogP contribution is -2.13. The molecule has 0 spiro atoms. The van der Waals surface area contributed by atoms with Crippen molar-refractivity contribution in [2.45, 2.75) is 88.1 Å². The normalized spacial score (nSPS) is 15.0. The topological polar surface area (TPSA) is 76.4 Å². The zero-order valence-electron chi connectivity index (χ0n) is 21.6. The van der Waals surface area contributed by atoms with Crippen molar-refractivity contribution in [1.82, 2.24) is 9.55 Å². The summed E-state index contributed by atoms with van der Waals surface area (Å²) >= 11 is -0.0966. The van der Waals surface area contributed by atoms with Gasteiger partial charge in [-0.15, -0.1) is 0 Å². The molecule has 1 aliphatic heterocycles. The van der Waals surface area contributed by atoms with E-state index >= 15 is 0 Å². The smallest absolute Gasteiger partial charge is 0.175 e. The van der Waals surface area contributed by atoms with Crippen LogP contribution in [0.2, 0.25) is 0 Å². The van der Waals surface area contributed by atoms with Gasteiger partial charge in [-0.05, 0) is 62.3 Å². The average molecular weight is 518 g/mol. The first kappa shape index (κ1) is 27.6. The van der Waals surface area contributed by atoms with Crippen LogP contribution in [0.4, 0.5) is 5.82 Å². The van der Waals surface area contributed by atoms with Crippen LogP contribution in [-0.4, -0.2) is 37.2 Å². The van der Waals surface area contributed by atoms with E-state index in [2.05, 4.69) is 55.4 Å². The number of nitrogens with zero attached hydrogens (tertiary/aromatic N) is 2. The lowest BCUT2D eigenvalue weighted by atomic mass is 10.1. The van der Waals surface area contributed by atoms with Crippen molar-refractivity contribution in [3.05, 3.63) is 47.2 Å². The molecule has 2 unspecified atom stereocenters. The van der Waals surface area contributed by atoms with Crippen LogP contribution in [0.25, 0.3) is 5.57 Å². The summed E-state index contributed by atoms with van der Waals surface area (Å²) in [6, 6.07) is 4.37. The number of nitrogens with one attached hydrogen (secondary N) is 1. The van der Waals surface area contributed by atoms with Crippen LogP contribution in [0.3, 0.4) is 0 Å². The molecular formula is C27H39N3O3S2. The second kappa shape index (κ2) is 12.8. The van der Waals surface area contributed by atoms with Gasteiger partial charge in [0.05, 0.1) is 11.9 Å². The summed E-state index contributed by atoms with van der Waals surface area (Å²) in [6.45, 7) is 14.0. The molecule has 0 bridgehead atoms. The van der Waals surface area contributed by atoms with Gasteiger partial charge in [-0.25, -0.2) is 9.19 Å². The van der Waals surface area contributed by atoms with Gasteiger partial charge >= 0.3 is 0 Å². The number of allylic oxidation sites excluding steroid dienone is 3. The first-order chi connectivity index (χ1) is 16.8. The molecule has 2 heterocycles. The maximum Gasteiger partial charge on any atom is 0.175 e. The number of anilines is 1. The average Bonchev–Trinajstić information content (AvgIpc) is 3.42. The molecule has 192 valence electrons. The van der Waals surface area contributed by atoms with E-state index < -0.39 is 11.1 Å². The Balaban J connectivity index is 1.92. The zero-order valence-corrected chi connectivity index (χ0v) is 23.3. The third kappa shape index (κ3) is 6.80. The molecule has 0 aliphatic carbocycles. The summed E-state index contributed by atoms with van der Waals surface area (Å²) in [5.41, 5.74) is 5.59. The summed E-state index contributed by atoms with van der Waals surface area (Å²) in [7, 11) is 1.93. The Morgan fingerprint density at radius 1 is 1.40 bits per heavy atom. The highest BCUT2D eigenvalue weighted by Gasteiger charge is 2.21. The molecule has 6 nitrogen and oxygen atoms in total. The van der Waals surface area contributed by atoms with Gasteiger partial charge in [0, 0.05) is 24.9 Å². The van der Waals surface area contributed by atoms with Gasteiger partial charge < -0.3 is 19.2 Å². The standard InChI is InChI=1S/C27H39N3O3S2/c1-7-18(3)15-20(5)25-26(28-6)30(13-10-9-11-22(8-2)35(31)32)27(29-25)34-24-17-23-21(12-14-33-23)16-19(24)4/h15-17,22,28H,3,7-14H2,1-2,4-6H3,(H,31,32)/b20-15-. The molecule has 1 aromatic carbocycles. The van der Waals surface area contributed by atoms with Crippen molar-refractivity contribution in [2.24, 2.45) is 0 Å². The van der Waals surface area contributed by atoms with E-state index in [-0.39, 0.29) is 5.25 Å². The van der Waals surface area contributed by atoms with E-state index in [1.54, 1.807) is 11.8 Å². The van der Waals surface area contributed by atoms with Crippen molar-refractivity contribution in [3.8, 4) is 5.75 Å². The SMILES string of the molecule is C=C(/C=C(/C)c1nc(Sc2cc3c(cc2C)CCO3)n(CCCCC(CC)S(=O)O)c1NC)CC. The molecule has 0 saturated carbocycles. The number of fused-ring (bicyclic) bond motifs is 1. The number of imidazole rings is 1. The molecule has 0 amide bonds. The second-order valence-corrected chi connectivity index (χ2v) is 11.3. The van der Waals surface area contributed by atoms with Gasteiger partial charge in [0.1, 0.15) is 17.3 Å². The number of hydrogen-bond donors (Lipinski definition) is 2. The Labute approximate surface area is 216 Å². The second-order valence-electron chi connectivity index (χ2n) is 9.06. The van der Waals surface area contributed by atoms with Crippen molar-refractivity contribution in [1.29, 1.82) is 0 Å². The zero-order chi connectivity index (χ0) is 25.5. The molecule has 2 aromatic rings. The van der Waals surface area contributed by atoms with Crippen LogP contribution in [0.1, 0.15) is 69.7 Å². The fourth-order valence-electron chi connectivity index (χ4n) is 4.35. The van der Waals surface area contributed by atoms with Crippen LogP contribution >= 0.6 is 11.8 Å². The predicted octanol–water partition coefficient (Wildman–Crippen LogP) is 6.86. The third-order valence-corrected chi connectivity index (χ3v) is 8.80. The fourth-order valence-corrected chi connectivity index (χ4v) is 6.02. The van der Waals surface area contributed by atoms with Gasteiger partial charge in [-0.3, -0.25) is 0 Å². The lowest BCUT2D eigenvalue weighted by molar-refractivity contribution is 0.356. The van der Waals surface area contributed by atoms with Crippen LogP contribution in [0.15, 0.2) is 40.4 Å². The van der Waals surface area contributed by atoms with E-state index in [4.69, 9.17) is 9.72 Å². The third-order valence-electron chi connectivity index (χ3n) is 6.50. The number of hydrogen-bond acceptors (Lipinski definition) is 5. The summed E-state index contributed by atoms with van der Waals surface area (Å²) in [6.07, 6.45) is 7.22. The van der Waals surface area contributed by atoms with Crippen LogP contribution < -0.4 is 10.1 Å². The minimum atomic E-state index is -1.76. The molecular weight excluding hydrogens is 478 g/mol. The van der Waals surface area contributed by atoms with E-state index in [1.165, 1.54) is 11.1 Å². The largest absolute Gasteiger partial charge is 0.493 e. The summed E-state index contributed by atoms with van der Waals surface area (Å²) in [4.78, 5) is 6.23. The quantitative estimate of drug-likeness (QED) is 0.172. The number of benzene rings is 1. The lowest BCUT2D eigenvalue weighted by Gasteiger charge is -2.14. The highest BCUT2D eigenvalue weighted by Crippen LogP contribution is 2.39. The minimum Gasteiger partial charge on any atom is -0.493 e. The first-order valence-corrected chi connectivity index (χ1v) is 14.5. The Hall–Kier alpha value is -2.03. The Bertz CT molecular complexity index is 1110. The van der Waals surface area contributed by atoms with E-state index in [9.17, 15) is 8.76 Å². The van der Waals surface area contributed by atoms with Gasteiger partial charge in [0.25, 0.3) is 0 Å². The Kier molecular flexibility index (Phi) is 10.1. The first-order valence-electron chi connectivity index (χ1n) is 12.5. The molecule has 3 rings (SSSR count). The van der Waals surface area contributed by atoms with Crippen LogP contribution in [-0.2, 0) is 24.0 Å². The van der Waals surface area contributed by atoms with Crippen molar-refractivity contribution in [3.63, 3.8) is 0 Å². The Morgan fingerprint density at radius 2 is 2.17 bits per heavy atom. The molecule has 0 radical (unpaired) electrons. The van der Waals surface area contributed by atoms with E-state index in [0.29, 0.717) is 6.42 Å². The number of aryl methyl sites for hydroxylation is 1. The summed E-state index contributed by atoms with van der Waals surface area (Å²) < 4.78 is 29.1. The molecule has 0 fully saturated rings. The molecule has 8 heteroatoms. The number of rotatable bonds is 13. The van der Waals surface area contributed by atoms with E-state index in [0.717, 1.165) is 83.7 Å². The maximum atomic E-state index is 11.5. The Morgan fingerprint density at radius 3 is 2.83 bits per heavy atom. The number of aromatic nitrogens is 2. The van der Waals surface area contributed by atoms with Gasteiger partial charge in [-0.1, -0.05) is 56.3 Å². The predicted molar refractivity (Wildman–Crippen MR) is 148 cm³/mol. The number of unbranched alkanes of at least 4 members (excludes halogenated alkanes) is 1. The summed E-state index contributed by atoms with van der Waals surface area (Å²) in [5, 5.41) is 4.15. The highest BCUT2D eigenvalue weighted by molar-refractivity contribution is 7.99. The molecule has 0 saturated heterocycles. The van der Waals surface area contributed by atoms with Gasteiger partial charge in [-0.2, -0.15) is 0 Å². The highest BCUT2D eigenvalue weighted by atomic mass is 32.2.